The predicted molar refractivity (Wildman–Crippen MR) is 182 cm³/mol. The van der Waals surface area contributed by atoms with E-state index in [-0.39, 0.29) is 35.8 Å². The first kappa shape index (κ1) is 33.3. The molecule has 4 saturated heterocycles. The van der Waals surface area contributed by atoms with Crippen molar-refractivity contribution in [3.63, 3.8) is 0 Å². The SMILES string of the molecule is CCc1nc(C(N)=O)c(Nc2ccc(N3CCC(N4CCN(C)CC4)CC3)cc2)nc1OC1C[C@H]2CC[C@@H](C1)N2C(=O)OC(C)(C)C. The van der Waals surface area contributed by atoms with Crippen LogP contribution < -0.4 is 20.7 Å². The summed E-state index contributed by atoms with van der Waals surface area (Å²) in [6.07, 6.45) is 5.73. The van der Waals surface area contributed by atoms with E-state index in [9.17, 15) is 9.59 Å². The fraction of sp³-hybridized carbons (Fsp3) is 0.657. The van der Waals surface area contributed by atoms with Crippen LogP contribution in [0.1, 0.15) is 82.4 Å². The molecule has 12 nitrogen and oxygen atoms in total. The fourth-order valence-corrected chi connectivity index (χ4v) is 7.60. The monoisotopic (exact) mass is 648 g/mol. The number of nitrogens with one attached hydrogen (secondary N) is 1. The number of amides is 2. The summed E-state index contributed by atoms with van der Waals surface area (Å²) >= 11 is 0. The summed E-state index contributed by atoms with van der Waals surface area (Å²) in [6.45, 7) is 14.3. The molecule has 4 aliphatic heterocycles. The topological polar surface area (TPSA) is 129 Å². The number of anilines is 3. The molecule has 256 valence electrons. The Morgan fingerprint density at radius 1 is 0.915 bits per heavy atom. The van der Waals surface area contributed by atoms with E-state index in [1.807, 2.05) is 44.7 Å². The second kappa shape index (κ2) is 13.8. The largest absolute Gasteiger partial charge is 0.473 e. The smallest absolute Gasteiger partial charge is 0.410 e. The molecule has 1 aromatic heterocycles. The molecule has 4 aliphatic rings. The lowest BCUT2D eigenvalue weighted by Gasteiger charge is -2.42. The number of piperidine rings is 2. The van der Waals surface area contributed by atoms with Gasteiger partial charge in [-0.15, -0.1) is 0 Å². The Bertz CT molecular complexity index is 1400. The van der Waals surface area contributed by atoms with Crippen LogP contribution in [0.4, 0.5) is 22.0 Å². The summed E-state index contributed by atoms with van der Waals surface area (Å²) in [4.78, 5) is 44.2. The second-order valence-corrected chi connectivity index (χ2v) is 14.6. The van der Waals surface area contributed by atoms with E-state index >= 15 is 0 Å². The molecular formula is C35H52N8O4. The van der Waals surface area contributed by atoms with Crippen molar-refractivity contribution in [1.29, 1.82) is 0 Å². The number of piperazine rings is 1. The summed E-state index contributed by atoms with van der Waals surface area (Å²) in [5.74, 6) is 0.0272. The Kier molecular flexibility index (Phi) is 9.80. The Hall–Kier alpha value is -3.64. The molecule has 4 fully saturated rings. The van der Waals surface area contributed by atoms with Crippen molar-refractivity contribution < 1.29 is 19.1 Å². The van der Waals surface area contributed by atoms with E-state index in [4.69, 9.17) is 20.2 Å². The number of rotatable bonds is 8. The first-order chi connectivity index (χ1) is 22.5. The average molecular weight is 649 g/mol. The quantitative estimate of drug-likeness (QED) is 0.425. The third-order valence-electron chi connectivity index (χ3n) is 10.1. The van der Waals surface area contributed by atoms with Crippen LogP contribution in [-0.2, 0) is 11.2 Å². The maximum absolute atomic E-state index is 12.9. The van der Waals surface area contributed by atoms with E-state index in [0.29, 0.717) is 36.9 Å². The zero-order chi connectivity index (χ0) is 33.3. The van der Waals surface area contributed by atoms with Crippen LogP contribution in [0.5, 0.6) is 5.88 Å². The molecule has 0 aliphatic carbocycles. The number of benzene rings is 1. The number of aromatic nitrogens is 2. The summed E-state index contributed by atoms with van der Waals surface area (Å²) in [6, 6.07) is 9.03. The number of aryl methyl sites for hydroxylation is 1. The molecule has 2 amide bonds. The lowest BCUT2D eigenvalue weighted by Crippen LogP contribution is -2.52. The number of nitrogens with zero attached hydrogens (tertiary/aromatic N) is 6. The average Bonchev–Trinajstić information content (AvgIpc) is 3.31. The highest BCUT2D eigenvalue weighted by molar-refractivity contribution is 5.96. The van der Waals surface area contributed by atoms with Crippen molar-refractivity contribution in [3.05, 3.63) is 35.7 Å². The van der Waals surface area contributed by atoms with Gasteiger partial charge in [-0.05, 0) is 84.2 Å². The Morgan fingerprint density at radius 3 is 2.13 bits per heavy atom. The molecule has 1 aromatic carbocycles. The maximum Gasteiger partial charge on any atom is 0.410 e. The van der Waals surface area contributed by atoms with Gasteiger partial charge < -0.3 is 35.2 Å². The van der Waals surface area contributed by atoms with Gasteiger partial charge in [-0.25, -0.2) is 9.78 Å². The van der Waals surface area contributed by atoms with Gasteiger partial charge in [0.05, 0.1) is 0 Å². The number of carbonyl (C=O) groups is 2. The molecule has 6 rings (SSSR count). The van der Waals surface area contributed by atoms with Crippen molar-refractivity contribution in [2.24, 2.45) is 5.73 Å². The molecule has 0 radical (unpaired) electrons. The lowest BCUT2D eigenvalue weighted by atomic mass is 10.00. The number of primary amides is 1. The fourth-order valence-electron chi connectivity index (χ4n) is 7.60. The van der Waals surface area contributed by atoms with Gasteiger partial charge in [0, 0.05) is 81.6 Å². The molecule has 3 atom stereocenters. The number of carbonyl (C=O) groups excluding carboxylic acids is 2. The number of likely N-dealkylation sites (N-methyl/N-ethyl adjacent to an activating group) is 1. The van der Waals surface area contributed by atoms with E-state index in [1.54, 1.807) is 0 Å². The van der Waals surface area contributed by atoms with E-state index in [0.717, 1.165) is 57.8 Å². The van der Waals surface area contributed by atoms with Crippen molar-refractivity contribution in [2.75, 3.05) is 56.5 Å². The molecule has 2 aromatic rings. The minimum Gasteiger partial charge on any atom is -0.473 e. The van der Waals surface area contributed by atoms with Crippen LogP contribution >= 0.6 is 0 Å². The number of nitrogens with two attached hydrogens (primary N) is 1. The van der Waals surface area contributed by atoms with Gasteiger partial charge in [0.1, 0.15) is 17.4 Å². The first-order valence-electron chi connectivity index (χ1n) is 17.4. The van der Waals surface area contributed by atoms with Gasteiger partial charge in [0.2, 0.25) is 5.88 Å². The zero-order valence-electron chi connectivity index (χ0n) is 28.7. The number of hydrogen-bond acceptors (Lipinski definition) is 10. The highest BCUT2D eigenvalue weighted by atomic mass is 16.6. The number of fused-ring (bicyclic) bond motifs is 2. The van der Waals surface area contributed by atoms with Crippen LogP contribution in [0.2, 0.25) is 0 Å². The van der Waals surface area contributed by atoms with Crippen LogP contribution in [0.3, 0.4) is 0 Å². The minimum atomic E-state index is -0.648. The third kappa shape index (κ3) is 7.75. The Morgan fingerprint density at radius 2 is 1.55 bits per heavy atom. The van der Waals surface area contributed by atoms with E-state index in [1.165, 1.54) is 18.5 Å². The summed E-state index contributed by atoms with van der Waals surface area (Å²) in [5, 5.41) is 3.29. The van der Waals surface area contributed by atoms with Gasteiger partial charge in [-0.1, -0.05) is 6.92 Å². The summed E-state index contributed by atoms with van der Waals surface area (Å²) < 4.78 is 12.2. The highest BCUT2D eigenvalue weighted by Gasteiger charge is 2.46. The van der Waals surface area contributed by atoms with Gasteiger partial charge in [-0.3, -0.25) is 9.69 Å². The molecule has 0 spiro atoms. The molecule has 1 unspecified atom stereocenters. The van der Waals surface area contributed by atoms with Crippen LogP contribution in [0.15, 0.2) is 24.3 Å². The number of hydrogen-bond donors (Lipinski definition) is 2. The predicted octanol–water partition coefficient (Wildman–Crippen LogP) is 4.41. The van der Waals surface area contributed by atoms with Crippen molar-refractivity contribution in [3.8, 4) is 5.88 Å². The highest BCUT2D eigenvalue weighted by Crippen LogP contribution is 2.39. The van der Waals surface area contributed by atoms with E-state index < -0.39 is 11.5 Å². The van der Waals surface area contributed by atoms with Crippen LogP contribution in [-0.4, -0.2) is 113 Å². The zero-order valence-corrected chi connectivity index (χ0v) is 28.7. The van der Waals surface area contributed by atoms with Gasteiger partial charge in [-0.2, -0.15) is 4.98 Å². The standard InChI is InChI=1S/C35H52N8O4/c1-6-29-33(46-28-21-26-11-12-27(22-28)43(26)34(45)47-35(2,3)4)39-32(30(38-29)31(36)44)37-23-7-9-24(10-8-23)41-15-13-25(14-16-41)42-19-17-40(5)18-20-42/h7-10,25-28H,6,11-22H2,1-5H3,(H2,36,44)(H,37,39)/t26-,27+,28?. The minimum absolute atomic E-state index is 0.0604. The molecule has 0 saturated carbocycles. The molecular weight excluding hydrogens is 596 g/mol. The van der Waals surface area contributed by atoms with Crippen LogP contribution in [0.25, 0.3) is 0 Å². The lowest BCUT2D eigenvalue weighted by molar-refractivity contribution is -0.00776. The summed E-state index contributed by atoms with van der Waals surface area (Å²) in [7, 11) is 2.20. The third-order valence-corrected chi connectivity index (χ3v) is 10.1. The second-order valence-electron chi connectivity index (χ2n) is 14.6. The molecule has 47 heavy (non-hydrogen) atoms. The normalized spacial score (nSPS) is 24.3. The maximum atomic E-state index is 12.9. The van der Waals surface area contributed by atoms with Crippen LogP contribution in [0, 0.1) is 0 Å². The molecule has 12 heteroatoms. The first-order valence-corrected chi connectivity index (χ1v) is 17.4. The molecule has 2 bridgehead atoms. The van der Waals surface area contributed by atoms with Crippen molar-refractivity contribution in [2.45, 2.75) is 102 Å². The van der Waals surface area contributed by atoms with Gasteiger partial charge in [0.25, 0.3) is 5.91 Å². The van der Waals surface area contributed by atoms with Crippen molar-refractivity contribution >= 4 is 29.2 Å². The molecule has 5 heterocycles. The van der Waals surface area contributed by atoms with Crippen molar-refractivity contribution in [1.82, 2.24) is 24.7 Å². The molecule has 3 N–H and O–H groups in total. The Labute approximate surface area is 279 Å². The van der Waals surface area contributed by atoms with Gasteiger partial charge in [0.15, 0.2) is 11.5 Å². The van der Waals surface area contributed by atoms with E-state index in [2.05, 4.69) is 44.2 Å². The Balaban J connectivity index is 1.11. The number of ether oxygens (including phenoxy) is 2. The summed E-state index contributed by atoms with van der Waals surface area (Å²) in [5.41, 5.74) is 7.88. The van der Waals surface area contributed by atoms with Gasteiger partial charge >= 0.3 is 6.09 Å².